The fraction of sp³-hybridized carbons (Fsp3) is 0.500. The molecule has 0 aliphatic carbocycles. The van der Waals surface area contributed by atoms with Crippen molar-refractivity contribution < 1.29 is 9.66 Å². The van der Waals surface area contributed by atoms with Crippen LogP contribution in [-0.4, -0.2) is 30.0 Å². The van der Waals surface area contributed by atoms with Crippen molar-refractivity contribution in [3.05, 3.63) is 33.9 Å². The van der Waals surface area contributed by atoms with Crippen LogP contribution >= 0.6 is 0 Å². The number of hydrogen-bond acceptors (Lipinski definition) is 5. The third-order valence-corrected chi connectivity index (χ3v) is 3.00. The fourth-order valence-electron chi connectivity index (χ4n) is 1.95. The predicted molar refractivity (Wildman–Crippen MR) is 75.4 cm³/mol. The van der Waals surface area contributed by atoms with E-state index in [2.05, 4.69) is 11.0 Å². The van der Waals surface area contributed by atoms with Gasteiger partial charge in [-0.05, 0) is 25.1 Å². The number of hydrogen-bond donors (Lipinski definition) is 0. The average Bonchev–Trinajstić information content (AvgIpc) is 2.45. The topological polar surface area (TPSA) is 79.4 Å². The van der Waals surface area contributed by atoms with Crippen molar-refractivity contribution in [3.8, 4) is 11.8 Å². The van der Waals surface area contributed by atoms with Gasteiger partial charge in [0.15, 0.2) is 0 Å². The van der Waals surface area contributed by atoms with Gasteiger partial charge in [-0.25, -0.2) is 0 Å². The first-order valence-corrected chi connectivity index (χ1v) is 6.44. The van der Waals surface area contributed by atoms with E-state index in [1.54, 1.807) is 12.1 Å². The standard InChI is InChI=1S/C14H19N3O3/c1-4-16(9-11(2)8-15)10-12-5-13(17(18)19)7-14(6-12)20-3/h5-7,11H,4,9-10H2,1-3H3. The highest BCUT2D eigenvalue weighted by molar-refractivity contribution is 5.42. The third-order valence-electron chi connectivity index (χ3n) is 3.00. The zero-order chi connectivity index (χ0) is 15.1. The maximum atomic E-state index is 10.9. The van der Waals surface area contributed by atoms with Gasteiger partial charge in [0.2, 0.25) is 0 Å². The van der Waals surface area contributed by atoms with Crippen LogP contribution in [0.15, 0.2) is 18.2 Å². The molecule has 0 fully saturated rings. The number of nitro groups is 1. The Morgan fingerprint density at radius 3 is 2.70 bits per heavy atom. The number of methoxy groups -OCH3 is 1. The molecule has 0 aliphatic heterocycles. The number of nitrogens with zero attached hydrogens (tertiary/aromatic N) is 3. The molecule has 0 saturated carbocycles. The van der Waals surface area contributed by atoms with Crippen LogP contribution in [0.5, 0.6) is 5.75 Å². The molecule has 6 heteroatoms. The summed E-state index contributed by atoms with van der Waals surface area (Å²) in [5, 5.41) is 19.8. The van der Waals surface area contributed by atoms with Crippen molar-refractivity contribution in [1.29, 1.82) is 5.26 Å². The molecule has 20 heavy (non-hydrogen) atoms. The van der Waals surface area contributed by atoms with Gasteiger partial charge in [0.25, 0.3) is 5.69 Å². The lowest BCUT2D eigenvalue weighted by atomic mass is 10.1. The van der Waals surface area contributed by atoms with E-state index in [9.17, 15) is 10.1 Å². The molecule has 1 atom stereocenters. The lowest BCUT2D eigenvalue weighted by Gasteiger charge is -2.21. The van der Waals surface area contributed by atoms with Crippen LogP contribution < -0.4 is 4.74 Å². The first-order valence-electron chi connectivity index (χ1n) is 6.44. The van der Waals surface area contributed by atoms with E-state index in [1.807, 2.05) is 13.8 Å². The number of nitriles is 1. The Morgan fingerprint density at radius 2 is 2.20 bits per heavy atom. The zero-order valence-corrected chi connectivity index (χ0v) is 12.0. The van der Waals surface area contributed by atoms with Crippen LogP contribution in [0.2, 0.25) is 0 Å². The highest BCUT2D eigenvalue weighted by Gasteiger charge is 2.13. The lowest BCUT2D eigenvalue weighted by molar-refractivity contribution is -0.385. The Labute approximate surface area is 118 Å². The molecular weight excluding hydrogens is 258 g/mol. The molecule has 0 amide bonds. The van der Waals surface area contributed by atoms with Gasteiger partial charge in [0, 0.05) is 19.2 Å². The zero-order valence-electron chi connectivity index (χ0n) is 12.0. The number of nitro benzene ring substituents is 1. The van der Waals surface area contributed by atoms with E-state index in [0.29, 0.717) is 18.8 Å². The molecule has 0 aromatic heterocycles. The second kappa shape index (κ2) is 7.46. The van der Waals surface area contributed by atoms with Gasteiger partial charge in [0.05, 0.1) is 30.1 Å². The highest BCUT2D eigenvalue weighted by Crippen LogP contribution is 2.23. The SMILES string of the molecule is CCN(Cc1cc(OC)cc([N+](=O)[O-])c1)CC(C)C#N. The van der Waals surface area contributed by atoms with Crippen molar-refractivity contribution in [1.82, 2.24) is 4.90 Å². The minimum absolute atomic E-state index is 0.0173. The largest absolute Gasteiger partial charge is 0.496 e. The minimum Gasteiger partial charge on any atom is -0.496 e. The van der Waals surface area contributed by atoms with E-state index >= 15 is 0 Å². The molecule has 108 valence electrons. The molecule has 0 spiro atoms. The highest BCUT2D eigenvalue weighted by atomic mass is 16.6. The van der Waals surface area contributed by atoms with E-state index in [4.69, 9.17) is 10.00 Å². The predicted octanol–water partition coefficient (Wildman–Crippen LogP) is 2.58. The van der Waals surface area contributed by atoms with Crippen LogP contribution in [0.1, 0.15) is 19.4 Å². The van der Waals surface area contributed by atoms with Gasteiger partial charge in [-0.2, -0.15) is 5.26 Å². The second-order valence-electron chi connectivity index (χ2n) is 4.65. The number of benzene rings is 1. The summed E-state index contributed by atoms with van der Waals surface area (Å²) in [6.07, 6.45) is 0. The van der Waals surface area contributed by atoms with Crippen molar-refractivity contribution in [2.24, 2.45) is 5.92 Å². The third kappa shape index (κ3) is 4.52. The molecule has 1 unspecified atom stereocenters. The van der Waals surface area contributed by atoms with E-state index in [1.165, 1.54) is 13.2 Å². The summed E-state index contributed by atoms with van der Waals surface area (Å²) < 4.78 is 5.09. The second-order valence-corrected chi connectivity index (χ2v) is 4.65. The quantitative estimate of drug-likeness (QED) is 0.565. The average molecular weight is 277 g/mol. The van der Waals surface area contributed by atoms with Gasteiger partial charge in [-0.3, -0.25) is 15.0 Å². The minimum atomic E-state index is -0.430. The molecule has 0 heterocycles. The number of ether oxygens (including phenoxy) is 1. The fourth-order valence-corrected chi connectivity index (χ4v) is 1.95. The van der Waals surface area contributed by atoms with Crippen LogP contribution in [-0.2, 0) is 6.54 Å². The van der Waals surface area contributed by atoms with Crippen LogP contribution in [0.3, 0.4) is 0 Å². The molecule has 6 nitrogen and oxygen atoms in total. The molecule has 0 N–H and O–H groups in total. The van der Waals surface area contributed by atoms with E-state index < -0.39 is 4.92 Å². The Morgan fingerprint density at radius 1 is 1.50 bits per heavy atom. The Hall–Kier alpha value is -2.13. The van der Waals surface area contributed by atoms with Gasteiger partial charge in [-0.1, -0.05) is 6.92 Å². The van der Waals surface area contributed by atoms with Crippen LogP contribution in [0.25, 0.3) is 0 Å². The number of non-ortho nitro benzene ring substituents is 1. The van der Waals surface area contributed by atoms with Crippen molar-refractivity contribution >= 4 is 5.69 Å². The normalized spacial score (nSPS) is 11.9. The van der Waals surface area contributed by atoms with Crippen LogP contribution in [0, 0.1) is 27.4 Å². The Balaban J connectivity index is 2.92. The van der Waals surface area contributed by atoms with Crippen molar-refractivity contribution in [2.45, 2.75) is 20.4 Å². The smallest absolute Gasteiger partial charge is 0.273 e. The van der Waals surface area contributed by atoms with Gasteiger partial charge in [-0.15, -0.1) is 0 Å². The molecule has 1 rings (SSSR count). The Bertz CT molecular complexity index is 511. The first-order chi connectivity index (χ1) is 9.49. The molecule has 1 aromatic carbocycles. The first kappa shape index (κ1) is 15.9. The molecule has 1 aromatic rings. The summed E-state index contributed by atoms with van der Waals surface area (Å²) in [6, 6.07) is 6.92. The maximum Gasteiger partial charge on any atom is 0.273 e. The maximum absolute atomic E-state index is 10.9. The monoisotopic (exact) mass is 277 g/mol. The Kier molecular flexibility index (Phi) is 5.94. The summed E-state index contributed by atoms with van der Waals surface area (Å²) in [6.45, 7) is 5.82. The van der Waals surface area contributed by atoms with Gasteiger partial charge >= 0.3 is 0 Å². The summed E-state index contributed by atoms with van der Waals surface area (Å²) in [7, 11) is 1.48. The molecule has 0 aliphatic rings. The molecule has 0 radical (unpaired) electrons. The van der Waals surface area contributed by atoms with E-state index in [-0.39, 0.29) is 11.6 Å². The van der Waals surface area contributed by atoms with Crippen LogP contribution in [0.4, 0.5) is 5.69 Å². The molecular formula is C14H19N3O3. The summed E-state index contributed by atoms with van der Waals surface area (Å²) in [5.74, 6) is 0.397. The van der Waals surface area contributed by atoms with Gasteiger partial charge in [0.1, 0.15) is 5.75 Å². The molecule has 0 bridgehead atoms. The summed E-state index contributed by atoms with van der Waals surface area (Å²) in [4.78, 5) is 12.5. The lowest BCUT2D eigenvalue weighted by Crippen LogP contribution is -2.27. The van der Waals surface area contributed by atoms with Crippen molar-refractivity contribution in [2.75, 3.05) is 20.2 Å². The summed E-state index contributed by atoms with van der Waals surface area (Å²) >= 11 is 0. The van der Waals surface area contributed by atoms with Crippen molar-refractivity contribution in [3.63, 3.8) is 0 Å². The van der Waals surface area contributed by atoms with E-state index in [0.717, 1.165) is 12.1 Å². The molecule has 0 saturated heterocycles. The van der Waals surface area contributed by atoms with Gasteiger partial charge < -0.3 is 4.74 Å². The number of rotatable bonds is 7. The summed E-state index contributed by atoms with van der Waals surface area (Å²) in [5.41, 5.74) is 0.826.